The number of benzene rings is 3. The summed E-state index contributed by atoms with van der Waals surface area (Å²) in [6.45, 7) is 7.80. The van der Waals surface area contributed by atoms with Crippen LogP contribution >= 0.6 is 0 Å². The van der Waals surface area contributed by atoms with E-state index in [0.29, 0.717) is 18.2 Å². The van der Waals surface area contributed by atoms with Crippen molar-refractivity contribution in [2.24, 2.45) is 5.41 Å². The summed E-state index contributed by atoms with van der Waals surface area (Å²) in [7, 11) is 0. The summed E-state index contributed by atoms with van der Waals surface area (Å²) in [5.74, 6) is 2.00. The van der Waals surface area contributed by atoms with Crippen LogP contribution in [-0.4, -0.2) is 24.1 Å². The van der Waals surface area contributed by atoms with Crippen molar-refractivity contribution in [2.75, 3.05) is 16.8 Å². The van der Waals surface area contributed by atoms with E-state index in [4.69, 9.17) is 9.47 Å². The molecule has 1 aliphatic heterocycles. The van der Waals surface area contributed by atoms with Gasteiger partial charge in [0.25, 0.3) is 6.47 Å². The van der Waals surface area contributed by atoms with E-state index in [-0.39, 0.29) is 64.7 Å². The number of amides is 1. The van der Waals surface area contributed by atoms with Crippen LogP contribution in [-0.2, 0) is 20.7 Å². The number of fused-ring (bicyclic) bond motifs is 1. The Hall–Kier alpha value is -4.91. The number of para-hydroxylation sites is 1. The third-order valence-electron chi connectivity index (χ3n) is 7.53. The number of ether oxygens (including phenoxy) is 2. The quantitative estimate of drug-likeness (QED) is 0.145. The molecule has 3 aromatic rings. The van der Waals surface area contributed by atoms with Crippen LogP contribution < -0.4 is 15.0 Å². The molecule has 3 aromatic carbocycles. The van der Waals surface area contributed by atoms with Crippen molar-refractivity contribution in [3.8, 4) is 23.3 Å². The number of hydrogen-bond acceptors (Lipinski definition) is 6. The molecule has 1 atom stereocenters. The van der Waals surface area contributed by atoms with Crippen molar-refractivity contribution in [3.63, 3.8) is 0 Å². The molecule has 0 spiro atoms. The summed E-state index contributed by atoms with van der Waals surface area (Å²) in [6, 6.07) is 9.90. The Morgan fingerprint density at radius 3 is 2.55 bits per heavy atom. The van der Waals surface area contributed by atoms with Crippen LogP contribution in [0.3, 0.4) is 0 Å². The average molecular weight is 607 g/mol. The van der Waals surface area contributed by atoms with Crippen LogP contribution in [0.25, 0.3) is 0 Å². The largest absolute Gasteiger partial charge is 0.506 e. The molecule has 44 heavy (non-hydrogen) atoms. The zero-order chi connectivity index (χ0) is 32.0. The van der Waals surface area contributed by atoms with Gasteiger partial charge in [-0.1, -0.05) is 45.2 Å². The van der Waals surface area contributed by atoms with Crippen molar-refractivity contribution >= 4 is 23.8 Å². The third-order valence-corrected chi connectivity index (χ3v) is 7.53. The standard InChI is InChI=1S/C34H33F3N2O5/c1-5-7-15-43-23-13-14-24(26(37)18-23)32-33(44-20-40)27(19-34(3,4)6-2)38-31-28(9-8-10-29(31)41)39(32)30(42)16-21-11-12-22(35)17-25(21)36/h8-14,17-18,20,32,38,41H,6,15-16,19H2,1-4H3. The Morgan fingerprint density at radius 1 is 1.11 bits per heavy atom. The maximum Gasteiger partial charge on any atom is 0.298 e. The normalized spacial score (nSPS) is 14.5. The van der Waals surface area contributed by atoms with E-state index in [0.717, 1.165) is 23.1 Å². The molecule has 1 amide bonds. The highest BCUT2D eigenvalue weighted by atomic mass is 19.1. The summed E-state index contributed by atoms with van der Waals surface area (Å²) < 4.78 is 55.5. The molecular formula is C34H33F3N2O5. The number of carbonyl (C=O) groups excluding carboxylic acids is 2. The van der Waals surface area contributed by atoms with Gasteiger partial charge in [0.2, 0.25) is 5.91 Å². The Morgan fingerprint density at radius 2 is 1.89 bits per heavy atom. The molecule has 2 N–H and O–H groups in total. The number of aromatic hydroxyl groups is 1. The van der Waals surface area contributed by atoms with Gasteiger partial charge in [-0.2, -0.15) is 0 Å². The third kappa shape index (κ3) is 7.00. The number of nitrogens with one attached hydrogen (secondary N) is 1. The molecule has 1 aliphatic rings. The first-order valence-corrected chi connectivity index (χ1v) is 14.0. The van der Waals surface area contributed by atoms with Gasteiger partial charge in [0.05, 0.1) is 17.8 Å². The number of hydrogen-bond donors (Lipinski definition) is 2. The van der Waals surface area contributed by atoms with E-state index >= 15 is 4.39 Å². The van der Waals surface area contributed by atoms with Gasteiger partial charge in [0.15, 0.2) is 5.76 Å². The highest BCUT2D eigenvalue weighted by Crippen LogP contribution is 2.48. The van der Waals surface area contributed by atoms with Crippen molar-refractivity contribution in [1.29, 1.82) is 0 Å². The topological polar surface area (TPSA) is 88.1 Å². The summed E-state index contributed by atoms with van der Waals surface area (Å²) in [6.07, 6.45) is 0.433. The van der Waals surface area contributed by atoms with Gasteiger partial charge in [0.1, 0.15) is 47.3 Å². The van der Waals surface area contributed by atoms with Crippen LogP contribution in [0.5, 0.6) is 11.5 Å². The maximum atomic E-state index is 16.1. The molecule has 10 heteroatoms. The fourth-order valence-electron chi connectivity index (χ4n) is 4.90. The Bertz CT molecular complexity index is 1660. The van der Waals surface area contributed by atoms with Gasteiger partial charge in [-0.15, -0.1) is 5.92 Å². The van der Waals surface area contributed by atoms with Crippen LogP contribution in [0.15, 0.2) is 66.1 Å². The lowest BCUT2D eigenvalue weighted by molar-refractivity contribution is -0.126. The number of rotatable bonds is 10. The van der Waals surface area contributed by atoms with Crippen molar-refractivity contribution < 1.29 is 37.3 Å². The molecule has 0 bridgehead atoms. The zero-order valence-electron chi connectivity index (χ0n) is 24.8. The molecular weight excluding hydrogens is 573 g/mol. The van der Waals surface area contributed by atoms with Gasteiger partial charge >= 0.3 is 0 Å². The Labute approximate surface area is 254 Å². The number of phenolic OH excluding ortho intramolecular Hbond substituents is 1. The minimum Gasteiger partial charge on any atom is -0.506 e. The average Bonchev–Trinajstić information content (AvgIpc) is 3.10. The predicted molar refractivity (Wildman–Crippen MR) is 160 cm³/mol. The Kier molecular flexibility index (Phi) is 9.89. The molecule has 230 valence electrons. The first kappa shape index (κ1) is 32.0. The zero-order valence-corrected chi connectivity index (χ0v) is 24.8. The highest BCUT2D eigenvalue weighted by molar-refractivity contribution is 6.01. The minimum absolute atomic E-state index is 0.0266. The smallest absolute Gasteiger partial charge is 0.298 e. The summed E-state index contributed by atoms with van der Waals surface area (Å²) in [5.41, 5.74) is 0.0325. The van der Waals surface area contributed by atoms with Crippen LogP contribution in [0.4, 0.5) is 24.5 Å². The minimum atomic E-state index is -1.39. The van der Waals surface area contributed by atoms with Gasteiger partial charge in [-0.3, -0.25) is 14.5 Å². The highest BCUT2D eigenvalue weighted by Gasteiger charge is 2.40. The fourth-order valence-corrected chi connectivity index (χ4v) is 4.90. The van der Waals surface area contributed by atoms with Crippen molar-refractivity contribution in [1.82, 2.24) is 0 Å². The molecule has 1 heterocycles. The molecule has 7 nitrogen and oxygen atoms in total. The van der Waals surface area contributed by atoms with Crippen LogP contribution in [0, 0.1) is 34.7 Å². The molecule has 1 unspecified atom stereocenters. The first-order chi connectivity index (χ1) is 21.0. The van der Waals surface area contributed by atoms with Gasteiger partial charge < -0.3 is 19.9 Å². The molecule has 0 fully saturated rings. The van der Waals surface area contributed by atoms with E-state index in [1.807, 2.05) is 20.8 Å². The summed E-state index contributed by atoms with van der Waals surface area (Å²) in [5, 5.41) is 14.1. The number of halogens is 3. The monoisotopic (exact) mass is 606 g/mol. The number of allylic oxidation sites excluding steroid dienone is 1. The molecule has 0 saturated heterocycles. The van der Waals surface area contributed by atoms with Crippen LogP contribution in [0.1, 0.15) is 57.7 Å². The predicted octanol–water partition coefficient (Wildman–Crippen LogP) is 7.17. The summed E-state index contributed by atoms with van der Waals surface area (Å²) in [4.78, 5) is 27.3. The van der Waals surface area contributed by atoms with E-state index in [9.17, 15) is 23.5 Å². The maximum absolute atomic E-state index is 16.1. The molecule has 0 aliphatic carbocycles. The summed E-state index contributed by atoms with van der Waals surface area (Å²) >= 11 is 0. The van der Waals surface area contributed by atoms with E-state index < -0.39 is 35.8 Å². The second-order valence-corrected chi connectivity index (χ2v) is 11.0. The first-order valence-electron chi connectivity index (χ1n) is 14.0. The van der Waals surface area contributed by atoms with E-state index in [1.54, 1.807) is 6.92 Å². The number of phenols is 1. The van der Waals surface area contributed by atoms with E-state index in [2.05, 4.69) is 17.2 Å². The van der Waals surface area contributed by atoms with Crippen molar-refractivity contribution in [2.45, 2.75) is 53.0 Å². The van der Waals surface area contributed by atoms with Gasteiger partial charge in [-0.25, -0.2) is 13.2 Å². The Balaban J connectivity index is 1.99. The van der Waals surface area contributed by atoms with Gasteiger partial charge in [-0.05, 0) is 54.7 Å². The number of carbonyl (C=O) groups is 2. The molecule has 0 aromatic heterocycles. The SMILES string of the molecule is CC#CCOc1ccc(C2C(OC=O)=C(CC(C)(C)CC)Nc3c(O)cccc3N2C(=O)Cc2ccc(F)cc2F)c(F)c1. The van der Waals surface area contributed by atoms with Gasteiger partial charge in [0, 0.05) is 17.7 Å². The second-order valence-electron chi connectivity index (χ2n) is 11.0. The van der Waals surface area contributed by atoms with E-state index in [1.165, 1.54) is 30.3 Å². The van der Waals surface area contributed by atoms with Crippen molar-refractivity contribution in [3.05, 3.63) is 94.6 Å². The lowest BCUT2D eigenvalue weighted by Crippen LogP contribution is -2.38. The fraction of sp³-hybridized carbons (Fsp3) is 0.294. The van der Waals surface area contributed by atoms with Crippen LogP contribution in [0.2, 0.25) is 0 Å². The lowest BCUT2D eigenvalue weighted by atomic mass is 9.84. The molecule has 0 saturated carbocycles. The number of nitrogens with zero attached hydrogens (tertiary/aromatic N) is 1. The number of anilines is 2. The molecule has 4 rings (SSSR count). The second kappa shape index (κ2) is 13.6. The molecule has 0 radical (unpaired) electrons. The lowest BCUT2D eigenvalue weighted by Gasteiger charge is -2.33.